The minimum atomic E-state index is 0.0318. The lowest BCUT2D eigenvalue weighted by molar-refractivity contribution is 0.0679. The molecule has 3 nitrogen and oxygen atoms in total. The van der Waals surface area contributed by atoms with E-state index in [9.17, 15) is 9.90 Å². The number of aromatic hydroxyl groups is 1. The Balaban J connectivity index is 1.87. The van der Waals surface area contributed by atoms with Crippen molar-refractivity contribution in [3.8, 4) is 5.75 Å². The van der Waals surface area contributed by atoms with E-state index in [1.54, 1.807) is 35.6 Å². The molecule has 1 N–H and O–H groups in total. The second-order valence-corrected chi connectivity index (χ2v) is 5.77. The van der Waals surface area contributed by atoms with Crippen molar-refractivity contribution >= 4 is 17.2 Å². The molecule has 98 valence electrons. The molecule has 2 aromatic rings. The van der Waals surface area contributed by atoms with E-state index in [0.717, 1.165) is 13.0 Å². The van der Waals surface area contributed by atoms with E-state index in [0.29, 0.717) is 5.56 Å². The van der Waals surface area contributed by atoms with Crippen molar-refractivity contribution in [2.45, 2.75) is 19.4 Å². The van der Waals surface area contributed by atoms with Crippen LogP contribution in [0.2, 0.25) is 0 Å². The summed E-state index contributed by atoms with van der Waals surface area (Å²) in [6.07, 6.45) is 0.932. The molecule has 0 radical (unpaired) electrons. The Morgan fingerprint density at radius 3 is 2.79 bits per heavy atom. The van der Waals surface area contributed by atoms with Gasteiger partial charge in [-0.05, 0) is 54.6 Å². The smallest absolute Gasteiger partial charge is 0.254 e. The first-order chi connectivity index (χ1) is 9.16. The molecule has 0 aliphatic carbocycles. The summed E-state index contributed by atoms with van der Waals surface area (Å²) in [4.78, 5) is 15.8. The zero-order chi connectivity index (χ0) is 13.4. The number of hydrogen-bond donors (Lipinski definition) is 1. The number of thiophene rings is 1. The first-order valence-corrected chi connectivity index (χ1v) is 7.21. The van der Waals surface area contributed by atoms with Gasteiger partial charge in [-0.15, -0.1) is 11.3 Å². The van der Waals surface area contributed by atoms with Crippen molar-refractivity contribution in [2.75, 3.05) is 6.54 Å². The molecule has 1 unspecified atom stereocenters. The van der Waals surface area contributed by atoms with Crippen LogP contribution in [-0.2, 0) is 6.42 Å². The number of phenolic OH excluding ortho intramolecular Hbond substituents is 1. The fraction of sp³-hybridized carbons (Fsp3) is 0.267. The van der Waals surface area contributed by atoms with Gasteiger partial charge in [0.1, 0.15) is 5.75 Å². The van der Waals surface area contributed by atoms with Crippen molar-refractivity contribution in [1.82, 2.24) is 4.90 Å². The van der Waals surface area contributed by atoms with Gasteiger partial charge in [0.05, 0.1) is 6.04 Å². The normalized spacial score (nSPS) is 18.2. The van der Waals surface area contributed by atoms with Gasteiger partial charge in [0.25, 0.3) is 5.91 Å². The highest BCUT2D eigenvalue weighted by Gasteiger charge is 2.28. The Hall–Kier alpha value is -1.81. The number of fused-ring (bicyclic) bond motifs is 1. The second-order valence-electron chi connectivity index (χ2n) is 4.77. The molecule has 0 bridgehead atoms. The summed E-state index contributed by atoms with van der Waals surface area (Å²) in [5.41, 5.74) is 1.90. The van der Waals surface area contributed by atoms with E-state index in [1.165, 1.54) is 10.4 Å². The van der Waals surface area contributed by atoms with Gasteiger partial charge in [-0.1, -0.05) is 0 Å². The Labute approximate surface area is 116 Å². The molecule has 1 aliphatic heterocycles. The van der Waals surface area contributed by atoms with Crippen LogP contribution in [0.1, 0.15) is 33.8 Å². The maximum atomic E-state index is 12.5. The van der Waals surface area contributed by atoms with Gasteiger partial charge < -0.3 is 10.0 Å². The largest absolute Gasteiger partial charge is 0.508 e. The summed E-state index contributed by atoms with van der Waals surface area (Å²) in [5.74, 6) is 0.215. The average Bonchev–Trinajstić information content (AvgIpc) is 2.88. The standard InChI is InChI=1S/C15H15NO2S/c1-10-13-7-9-19-14(13)6-8-16(10)15(18)11-2-4-12(17)5-3-11/h2-5,7,9-10,17H,6,8H2,1H3. The number of carbonyl (C=O) groups is 1. The number of carbonyl (C=O) groups excluding carboxylic acids is 1. The number of hydrogen-bond acceptors (Lipinski definition) is 3. The lowest BCUT2D eigenvalue weighted by Crippen LogP contribution is -2.38. The van der Waals surface area contributed by atoms with Gasteiger partial charge >= 0.3 is 0 Å². The Morgan fingerprint density at radius 1 is 1.32 bits per heavy atom. The maximum absolute atomic E-state index is 12.5. The molecule has 1 aliphatic rings. The third-order valence-electron chi connectivity index (χ3n) is 3.65. The van der Waals surface area contributed by atoms with Gasteiger partial charge in [-0.25, -0.2) is 0 Å². The molecule has 3 rings (SSSR count). The van der Waals surface area contributed by atoms with Crippen LogP contribution in [0, 0.1) is 0 Å². The highest BCUT2D eigenvalue weighted by atomic mass is 32.1. The molecule has 19 heavy (non-hydrogen) atoms. The van der Waals surface area contributed by atoms with Gasteiger partial charge in [0.2, 0.25) is 0 Å². The molecular formula is C15H15NO2S. The van der Waals surface area contributed by atoms with Crippen molar-refractivity contribution in [1.29, 1.82) is 0 Å². The van der Waals surface area contributed by atoms with E-state index in [4.69, 9.17) is 0 Å². The summed E-state index contributed by atoms with van der Waals surface area (Å²) in [6.45, 7) is 2.83. The van der Waals surface area contributed by atoms with E-state index >= 15 is 0 Å². The van der Waals surface area contributed by atoms with Crippen molar-refractivity contribution < 1.29 is 9.90 Å². The summed E-state index contributed by atoms with van der Waals surface area (Å²) in [7, 11) is 0. The van der Waals surface area contributed by atoms with Crippen LogP contribution in [-0.4, -0.2) is 22.5 Å². The molecule has 0 saturated carbocycles. The summed E-state index contributed by atoms with van der Waals surface area (Å²) in [6, 6.07) is 8.69. The molecule has 1 aromatic carbocycles. The molecule has 1 aromatic heterocycles. The second kappa shape index (κ2) is 4.70. The van der Waals surface area contributed by atoms with E-state index < -0.39 is 0 Å². The van der Waals surface area contributed by atoms with Crippen LogP contribution in [0.25, 0.3) is 0 Å². The average molecular weight is 273 g/mol. The van der Waals surface area contributed by atoms with Crippen molar-refractivity contribution in [3.63, 3.8) is 0 Å². The van der Waals surface area contributed by atoms with Gasteiger partial charge in [0, 0.05) is 17.0 Å². The van der Waals surface area contributed by atoms with Crippen LogP contribution in [0.15, 0.2) is 35.7 Å². The van der Waals surface area contributed by atoms with E-state index in [-0.39, 0.29) is 17.7 Å². The Bertz CT molecular complexity index is 603. The maximum Gasteiger partial charge on any atom is 0.254 e. The van der Waals surface area contributed by atoms with Crippen LogP contribution in [0.4, 0.5) is 0 Å². The summed E-state index contributed by atoms with van der Waals surface area (Å²) < 4.78 is 0. The number of nitrogens with zero attached hydrogens (tertiary/aromatic N) is 1. The van der Waals surface area contributed by atoms with Gasteiger partial charge in [-0.2, -0.15) is 0 Å². The number of amides is 1. The minimum absolute atomic E-state index is 0.0318. The summed E-state index contributed by atoms with van der Waals surface area (Å²) >= 11 is 1.77. The molecular weight excluding hydrogens is 258 g/mol. The highest BCUT2D eigenvalue weighted by molar-refractivity contribution is 7.10. The van der Waals surface area contributed by atoms with Crippen molar-refractivity contribution in [3.05, 3.63) is 51.7 Å². The van der Waals surface area contributed by atoms with Gasteiger partial charge in [-0.3, -0.25) is 4.79 Å². The SMILES string of the molecule is CC1c2ccsc2CCN1C(=O)c1ccc(O)cc1. The summed E-state index contributed by atoms with van der Waals surface area (Å²) in [5, 5.41) is 11.4. The fourth-order valence-corrected chi connectivity index (χ4v) is 3.52. The fourth-order valence-electron chi connectivity index (χ4n) is 2.56. The van der Waals surface area contributed by atoms with Crippen LogP contribution in [0.3, 0.4) is 0 Å². The zero-order valence-corrected chi connectivity index (χ0v) is 11.5. The highest BCUT2D eigenvalue weighted by Crippen LogP contribution is 2.33. The zero-order valence-electron chi connectivity index (χ0n) is 10.7. The minimum Gasteiger partial charge on any atom is -0.508 e. The van der Waals surface area contributed by atoms with Crippen LogP contribution in [0.5, 0.6) is 5.75 Å². The van der Waals surface area contributed by atoms with Crippen LogP contribution >= 0.6 is 11.3 Å². The molecule has 4 heteroatoms. The predicted molar refractivity (Wildman–Crippen MR) is 75.6 cm³/mol. The number of phenols is 1. The molecule has 1 atom stereocenters. The first-order valence-electron chi connectivity index (χ1n) is 6.33. The molecule has 0 fully saturated rings. The third-order valence-corrected chi connectivity index (χ3v) is 4.65. The van der Waals surface area contributed by atoms with Crippen molar-refractivity contribution in [2.24, 2.45) is 0 Å². The Kier molecular flexibility index (Phi) is 3.03. The Morgan fingerprint density at radius 2 is 2.05 bits per heavy atom. The topological polar surface area (TPSA) is 40.5 Å². The first kappa shape index (κ1) is 12.2. The van der Waals surface area contributed by atoms with E-state index in [2.05, 4.69) is 18.4 Å². The predicted octanol–water partition coefficient (Wildman–Crippen LogP) is 3.21. The molecule has 0 saturated heterocycles. The van der Waals surface area contributed by atoms with E-state index in [1.807, 2.05) is 4.90 Å². The molecule has 0 spiro atoms. The monoisotopic (exact) mass is 273 g/mol. The molecule has 2 heterocycles. The lowest BCUT2D eigenvalue weighted by atomic mass is 10.0. The number of rotatable bonds is 1. The number of benzene rings is 1. The third kappa shape index (κ3) is 2.12. The van der Waals surface area contributed by atoms with Gasteiger partial charge in [0.15, 0.2) is 0 Å². The lowest BCUT2D eigenvalue weighted by Gasteiger charge is -2.33. The quantitative estimate of drug-likeness (QED) is 0.866. The molecule has 1 amide bonds. The van der Waals surface area contributed by atoms with Crippen LogP contribution < -0.4 is 0 Å².